The molecule has 51 heavy (non-hydrogen) atoms. The number of para-hydroxylation sites is 1. The number of benzene rings is 1. The highest BCUT2D eigenvalue weighted by molar-refractivity contribution is 6.39. The third-order valence-electron chi connectivity index (χ3n) is 10.5. The molecule has 1 aromatic carbocycles. The zero-order chi connectivity index (χ0) is 36.2. The van der Waals surface area contributed by atoms with E-state index in [1.165, 1.54) is 7.05 Å². The molecule has 7 rings (SSSR count). The van der Waals surface area contributed by atoms with E-state index in [1.54, 1.807) is 24.3 Å². The van der Waals surface area contributed by atoms with Crippen molar-refractivity contribution >= 4 is 56.7 Å². The van der Waals surface area contributed by atoms with Crippen LogP contribution in [0.15, 0.2) is 48.7 Å². The Labute approximate surface area is 299 Å². The number of nitrogens with zero attached hydrogens (tertiary/aromatic N) is 7. The van der Waals surface area contributed by atoms with Crippen molar-refractivity contribution in [3.63, 3.8) is 0 Å². The highest BCUT2D eigenvalue weighted by Gasteiger charge is 2.44. The van der Waals surface area contributed by atoms with Gasteiger partial charge in [-0.25, -0.2) is 4.98 Å². The molecule has 4 radical (unpaired) electrons. The molecule has 3 N–H and O–H groups in total. The van der Waals surface area contributed by atoms with Gasteiger partial charge in [0.25, 0.3) is 5.91 Å². The van der Waals surface area contributed by atoms with Crippen molar-refractivity contribution in [2.75, 3.05) is 42.7 Å². The number of aromatic nitrogens is 5. The van der Waals surface area contributed by atoms with Gasteiger partial charge in [0.2, 0.25) is 5.91 Å². The molecule has 258 valence electrons. The van der Waals surface area contributed by atoms with Crippen LogP contribution in [0.3, 0.4) is 0 Å². The summed E-state index contributed by atoms with van der Waals surface area (Å²) in [6.45, 7) is 7.79. The van der Waals surface area contributed by atoms with Gasteiger partial charge in [-0.3, -0.25) is 19.1 Å². The monoisotopic (exact) mass is 682 g/mol. The SMILES string of the molecule is [B]C([B])(c1cccc(C=O)n1)N1CC(n2ncc3c2C(C(C)C(C)C)N(C)c2c(Nc4cc(NC(=O)C5CC5)nnc4C(=O)NC)cccc2-3)C1. The summed E-state index contributed by atoms with van der Waals surface area (Å²) in [4.78, 5) is 45.4. The lowest BCUT2D eigenvalue weighted by atomic mass is 9.57. The predicted octanol–water partition coefficient (Wildman–Crippen LogP) is 3.79. The number of carbonyl (C=O) groups excluding carboxylic acids is 3. The second kappa shape index (κ2) is 13.3. The zero-order valence-corrected chi connectivity index (χ0v) is 29.4. The summed E-state index contributed by atoms with van der Waals surface area (Å²) >= 11 is 0. The number of pyridine rings is 1. The van der Waals surface area contributed by atoms with Gasteiger partial charge in [-0.1, -0.05) is 39.0 Å². The van der Waals surface area contributed by atoms with E-state index in [4.69, 9.17) is 20.8 Å². The molecule has 15 heteroatoms. The molecule has 2 amide bonds. The van der Waals surface area contributed by atoms with Crippen LogP contribution in [0.5, 0.6) is 0 Å². The summed E-state index contributed by atoms with van der Waals surface area (Å²) in [5.41, 5.74) is 6.06. The van der Waals surface area contributed by atoms with Gasteiger partial charge in [0.05, 0.1) is 56.7 Å². The molecule has 13 nitrogen and oxygen atoms in total. The topological polar surface area (TPSA) is 150 Å². The average molecular weight is 682 g/mol. The molecule has 1 saturated carbocycles. The first-order valence-corrected chi connectivity index (χ1v) is 17.3. The van der Waals surface area contributed by atoms with Gasteiger partial charge in [-0.05, 0) is 48.2 Å². The Morgan fingerprint density at radius 1 is 1.02 bits per heavy atom. The van der Waals surface area contributed by atoms with E-state index in [1.807, 2.05) is 23.2 Å². The van der Waals surface area contributed by atoms with E-state index in [2.05, 4.69) is 74.6 Å². The summed E-state index contributed by atoms with van der Waals surface area (Å²) < 4.78 is 2.12. The highest BCUT2D eigenvalue weighted by atomic mass is 16.2. The number of carbonyl (C=O) groups is 3. The Bertz CT molecular complexity index is 2010. The first-order valence-electron chi connectivity index (χ1n) is 17.3. The Morgan fingerprint density at radius 3 is 2.45 bits per heavy atom. The highest BCUT2D eigenvalue weighted by Crippen LogP contribution is 2.52. The van der Waals surface area contributed by atoms with E-state index in [0.29, 0.717) is 36.7 Å². The summed E-state index contributed by atoms with van der Waals surface area (Å²) in [6, 6.07) is 12.7. The minimum atomic E-state index is -1.35. The first kappa shape index (κ1) is 34.4. The fraction of sp³-hybridized carbons (Fsp3) is 0.417. The van der Waals surface area contributed by atoms with Crippen molar-refractivity contribution < 1.29 is 14.4 Å². The summed E-state index contributed by atoms with van der Waals surface area (Å²) in [5.74, 6) is 0.312. The minimum Gasteiger partial charge on any atom is -0.364 e. The van der Waals surface area contributed by atoms with Crippen LogP contribution in [-0.2, 0) is 10.1 Å². The smallest absolute Gasteiger partial charge is 0.273 e. The molecule has 2 aliphatic heterocycles. The number of nitrogens with one attached hydrogen (secondary N) is 3. The molecule has 3 aliphatic rings. The number of hydrogen-bond acceptors (Lipinski definition) is 10. The maximum atomic E-state index is 12.9. The number of fused-ring (bicyclic) bond motifs is 3. The summed E-state index contributed by atoms with van der Waals surface area (Å²) in [6.07, 6.45) is 4.32. The Kier molecular flexibility index (Phi) is 8.94. The van der Waals surface area contributed by atoms with Gasteiger partial charge in [-0.2, -0.15) is 5.10 Å². The quantitative estimate of drug-likeness (QED) is 0.158. The second-order valence-electron chi connectivity index (χ2n) is 14.2. The fourth-order valence-corrected chi connectivity index (χ4v) is 7.06. The van der Waals surface area contributed by atoms with Crippen molar-refractivity contribution in [2.45, 2.75) is 51.0 Å². The molecule has 2 unspecified atom stereocenters. The van der Waals surface area contributed by atoms with Gasteiger partial charge >= 0.3 is 0 Å². The first-order chi connectivity index (χ1) is 24.4. The molecule has 5 heterocycles. The summed E-state index contributed by atoms with van der Waals surface area (Å²) in [5, 5.41) is 20.9. The number of rotatable bonds is 11. The van der Waals surface area contributed by atoms with Crippen LogP contribution in [0.1, 0.15) is 78.1 Å². The van der Waals surface area contributed by atoms with Crippen LogP contribution < -0.4 is 20.9 Å². The lowest BCUT2D eigenvalue weighted by Gasteiger charge is -2.51. The van der Waals surface area contributed by atoms with Crippen LogP contribution in [0.4, 0.5) is 22.9 Å². The Morgan fingerprint density at radius 2 is 1.76 bits per heavy atom. The lowest BCUT2D eigenvalue weighted by Crippen LogP contribution is -2.60. The Balaban J connectivity index is 1.24. The zero-order valence-electron chi connectivity index (χ0n) is 29.4. The normalized spacial score (nSPS) is 18.0. The molecule has 0 bridgehead atoms. The van der Waals surface area contributed by atoms with E-state index in [9.17, 15) is 14.4 Å². The Hall–Kier alpha value is -5.04. The molecular formula is C36H40B2N10O3. The lowest BCUT2D eigenvalue weighted by molar-refractivity contribution is -0.117. The molecule has 1 saturated heterocycles. The molecule has 2 atom stereocenters. The van der Waals surface area contributed by atoms with Crippen molar-refractivity contribution in [1.82, 2.24) is 35.2 Å². The molecule has 3 aromatic heterocycles. The second-order valence-corrected chi connectivity index (χ2v) is 14.2. The van der Waals surface area contributed by atoms with Gasteiger partial charge in [-0.15, -0.1) is 10.2 Å². The van der Waals surface area contributed by atoms with Crippen LogP contribution >= 0.6 is 0 Å². The minimum absolute atomic E-state index is 0.00915. The number of likely N-dealkylation sites (tertiary alicyclic amines) is 1. The largest absolute Gasteiger partial charge is 0.364 e. The third kappa shape index (κ3) is 6.17. The molecule has 4 aromatic rings. The van der Waals surface area contributed by atoms with Gasteiger partial charge in [0.15, 0.2) is 17.8 Å². The standard InChI is InChI=1S/C36H40B2N10O3/c1-19(2)20(3)31-33-25(15-40-48(33)23-16-47(17-23)36(37,38)28-11-6-8-22(18-49)41-28)24-9-7-10-26(32(24)46(31)5)42-27-14-29(43-34(50)21-12-13-21)44-45-30(27)35(51)39-4/h6-11,14-15,18-21,23,31H,12-13,16-17H2,1-5H3,(H,39,51)(H2,42,43,44,50). The van der Waals surface area contributed by atoms with E-state index >= 15 is 0 Å². The van der Waals surface area contributed by atoms with Crippen LogP contribution in [0.2, 0.25) is 0 Å². The van der Waals surface area contributed by atoms with Crippen LogP contribution in [-0.4, -0.2) is 90.8 Å². The van der Waals surface area contributed by atoms with Gasteiger partial charge in [0.1, 0.15) is 5.69 Å². The fourth-order valence-electron chi connectivity index (χ4n) is 7.06. The maximum absolute atomic E-state index is 12.9. The predicted molar refractivity (Wildman–Crippen MR) is 196 cm³/mol. The number of aldehydes is 1. The van der Waals surface area contributed by atoms with Crippen molar-refractivity contribution in [1.29, 1.82) is 0 Å². The van der Waals surface area contributed by atoms with Crippen LogP contribution in [0.25, 0.3) is 11.1 Å². The molecular weight excluding hydrogens is 642 g/mol. The van der Waals surface area contributed by atoms with Crippen molar-refractivity contribution in [2.24, 2.45) is 17.8 Å². The molecule has 1 aliphatic carbocycles. The number of amides is 2. The van der Waals surface area contributed by atoms with E-state index in [0.717, 1.165) is 41.0 Å². The van der Waals surface area contributed by atoms with Gasteiger partial charge < -0.3 is 25.8 Å². The molecule has 0 spiro atoms. The van der Waals surface area contributed by atoms with Crippen molar-refractivity contribution in [3.8, 4) is 11.1 Å². The molecule has 2 fully saturated rings. The van der Waals surface area contributed by atoms with E-state index < -0.39 is 11.2 Å². The third-order valence-corrected chi connectivity index (χ3v) is 10.5. The van der Waals surface area contributed by atoms with Crippen molar-refractivity contribution in [3.05, 3.63) is 71.4 Å². The number of hydrogen-bond donors (Lipinski definition) is 3. The average Bonchev–Trinajstić information content (AvgIpc) is 3.87. The maximum Gasteiger partial charge on any atom is 0.273 e. The summed E-state index contributed by atoms with van der Waals surface area (Å²) in [7, 11) is 16.9. The van der Waals surface area contributed by atoms with Gasteiger partial charge in [0, 0.05) is 56.0 Å². The van der Waals surface area contributed by atoms with E-state index in [-0.39, 0.29) is 47.0 Å². The van der Waals surface area contributed by atoms with Crippen LogP contribution in [0, 0.1) is 17.8 Å². The number of anilines is 4.